The highest BCUT2D eigenvalue weighted by Crippen LogP contribution is 2.27. The molecule has 0 aliphatic heterocycles. The number of benzene rings is 1. The van der Waals surface area contributed by atoms with Gasteiger partial charge in [-0.1, -0.05) is 36.4 Å². The van der Waals surface area contributed by atoms with Gasteiger partial charge in [0.2, 0.25) is 5.88 Å². The predicted octanol–water partition coefficient (Wildman–Crippen LogP) is 4.17. The summed E-state index contributed by atoms with van der Waals surface area (Å²) in [5, 5.41) is 10.3. The van der Waals surface area contributed by atoms with Crippen LogP contribution in [0.5, 0.6) is 5.88 Å². The summed E-state index contributed by atoms with van der Waals surface area (Å²) in [6, 6.07) is 13.7. The minimum absolute atomic E-state index is 0.229. The zero-order chi connectivity index (χ0) is 20.9. The Kier molecular flexibility index (Phi) is 6.61. The number of nitrogens with zero attached hydrogens (tertiary/aromatic N) is 2. The summed E-state index contributed by atoms with van der Waals surface area (Å²) in [5.41, 5.74) is 1.65. The van der Waals surface area contributed by atoms with Gasteiger partial charge in [0.05, 0.1) is 12.3 Å². The largest absolute Gasteiger partial charge is 0.479 e. The molecule has 2 heterocycles. The van der Waals surface area contributed by atoms with Crippen LogP contribution in [-0.4, -0.2) is 40.4 Å². The normalized spacial score (nSPS) is 13.1. The molecular formula is C22H24N2O4S. The molecule has 0 amide bonds. The van der Waals surface area contributed by atoms with Crippen LogP contribution >= 0.6 is 11.3 Å². The quantitative estimate of drug-likeness (QED) is 0.568. The summed E-state index contributed by atoms with van der Waals surface area (Å²) in [4.78, 5) is 21.5. The van der Waals surface area contributed by atoms with E-state index < -0.39 is 11.6 Å². The van der Waals surface area contributed by atoms with Gasteiger partial charge in [-0.15, -0.1) is 11.3 Å². The summed E-state index contributed by atoms with van der Waals surface area (Å²) in [5.74, 6) is -0.506. The summed E-state index contributed by atoms with van der Waals surface area (Å²) >= 11 is 1.68. The van der Waals surface area contributed by atoms with Gasteiger partial charge in [-0.3, -0.25) is 0 Å². The molecule has 1 atom stereocenters. The molecule has 1 aromatic carbocycles. The van der Waals surface area contributed by atoms with Crippen LogP contribution in [0, 0.1) is 6.92 Å². The summed E-state index contributed by atoms with van der Waals surface area (Å²) in [7, 11) is 1.39. The Balaban J connectivity index is 1.56. The van der Waals surface area contributed by atoms with Crippen molar-refractivity contribution in [1.82, 2.24) is 9.97 Å². The maximum Gasteiger partial charge on any atom is 0.336 e. The van der Waals surface area contributed by atoms with E-state index in [1.54, 1.807) is 30.5 Å². The lowest BCUT2D eigenvalue weighted by atomic mass is 9.97. The molecule has 3 aromatic rings. The van der Waals surface area contributed by atoms with Gasteiger partial charge in [-0.25, -0.2) is 14.8 Å². The van der Waals surface area contributed by atoms with E-state index in [2.05, 4.69) is 24.0 Å². The van der Waals surface area contributed by atoms with E-state index in [-0.39, 0.29) is 6.42 Å². The topological polar surface area (TPSA) is 81.5 Å². The third-order valence-electron chi connectivity index (χ3n) is 4.74. The molecular weight excluding hydrogens is 388 g/mol. The minimum Gasteiger partial charge on any atom is -0.479 e. The van der Waals surface area contributed by atoms with Crippen molar-refractivity contribution >= 4 is 17.3 Å². The number of pyridine rings is 1. The van der Waals surface area contributed by atoms with Crippen molar-refractivity contribution in [2.45, 2.75) is 32.3 Å². The molecule has 2 aromatic heterocycles. The predicted molar refractivity (Wildman–Crippen MR) is 112 cm³/mol. The number of thiazole rings is 1. The molecule has 6 nitrogen and oxygen atoms in total. The summed E-state index contributed by atoms with van der Waals surface area (Å²) < 4.78 is 10.9. The zero-order valence-corrected chi connectivity index (χ0v) is 17.5. The van der Waals surface area contributed by atoms with Gasteiger partial charge < -0.3 is 14.6 Å². The van der Waals surface area contributed by atoms with Crippen LogP contribution in [0.15, 0.2) is 48.7 Å². The highest BCUT2D eigenvalue weighted by molar-refractivity contribution is 7.15. The van der Waals surface area contributed by atoms with Gasteiger partial charge in [-0.05, 0) is 19.4 Å². The van der Waals surface area contributed by atoms with Gasteiger partial charge in [0.1, 0.15) is 5.01 Å². The van der Waals surface area contributed by atoms with Gasteiger partial charge in [0, 0.05) is 42.7 Å². The van der Waals surface area contributed by atoms with Crippen molar-refractivity contribution < 1.29 is 19.4 Å². The summed E-state index contributed by atoms with van der Waals surface area (Å²) in [6.45, 7) is 4.08. The Morgan fingerprint density at radius 1 is 1.21 bits per heavy atom. The number of methoxy groups -OCH3 is 1. The average molecular weight is 413 g/mol. The molecule has 3 rings (SSSR count). The molecule has 1 N–H and O–H groups in total. The Hall–Kier alpha value is -2.77. The Bertz CT molecular complexity index is 957. The standard InChI is InChI=1S/C22H24N2O4S/c1-15-18(24-20(29-15)17-7-5-4-6-8-17)11-12-28-19-10-9-16(14-23-19)13-22(2,27-3)21(25)26/h4-10,14H,11-13H2,1-3H3,(H,25,26). The first-order valence-electron chi connectivity index (χ1n) is 9.29. The number of hydrogen-bond acceptors (Lipinski definition) is 6. The molecule has 7 heteroatoms. The number of ether oxygens (including phenoxy) is 2. The van der Waals surface area contributed by atoms with Crippen molar-refractivity contribution in [1.29, 1.82) is 0 Å². The number of aryl methyl sites for hydroxylation is 1. The highest BCUT2D eigenvalue weighted by Gasteiger charge is 2.33. The second kappa shape index (κ2) is 9.15. The van der Waals surface area contributed by atoms with Crippen LogP contribution in [0.4, 0.5) is 0 Å². The molecule has 0 aliphatic rings. The van der Waals surface area contributed by atoms with Gasteiger partial charge >= 0.3 is 5.97 Å². The minimum atomic E-state index is -1.28. The lowest BCUT2D eigenvalue weighted by Gasteiger charge is -2.22. The lowest BCUT2D eigenvalue weighted by Crippen LogP contribution is -2.39. The number of carboxylic acid groups (broad SMARTS) is 1. The van der Waals surface area contributed by atoms with E-state index in [1.165, 1.54) is 12.0 Å². The third-order valence-corrected chi connectivity index (χ3v) is 5.81. The maximum atomic E-state index is 11.3. The summed E-state index contributed by atoms with van der Waals surface area (Å²) in [6.07, 6.45) is 2.54. The Labute approximate surface area is 174 Å². The first kappa shape index (κ1) is 21.0. The van der Waals surface area contributed by atoms with Crippen LogP contribution in [0.1, 0.15) is 23.1 Å². The molecule has 0 bridgehead atoms. The third kappa shape index (κ3) is 5.19. The lowest BCUT2D eigenvalue weighted by molar-refractivity contribution is -0.159. The molecule has 0 spiro atoms. The SMILES string of the molecule is COC(C)(Cc1ccc(OCCc2nc(-c3ccccc3)sc2C)nc1)C(=O)O. The van der Waals surface area contributed by atoms with Gasteiger partial charge in [0.15, 0.2) is 5.60 Å². The number of aromatic nitrogens is 2. The fraction of sp³-hybridized carbons (Fsp3) is 0.318. The monoisotopic (exact) mass is 412 g/mol. The molecule has 152 valence electrons. The Morgan fingerprint density at radius 2 is 1.97 bits per heavy atom. The molecule has 0 fully saturated rings. The second-order valence-corrected chi connectivity index (χ2v) is 8.11. The first-order chi connectivity index (χ1) is 13.9. The second-order valence-electron chi connectivity index (χ2n) is 6.91. The van der Waals surface area contributed by atoms with E-state index >= 15 is 0 Å². The van der Waals surface area contributed by atoms with E-state index in [4.69, 9.17) is 14.5 Å². The van der Waals surface area contributed by atoms with Crippen molar-refractivity contribution in [3.63, 3.8) is 0 Å². The van der Waals surface area contributed by atoms with Crippen molar-refractivity contribution in [2.75, 3.05) is 13.7 Å². The fourth-order valence-electron chi connectivity index (χ4n) is 2.84. The number of carbonyl (C=O) groups is 1. The van der Waals surface area contributed by atoms with Crippen LogP contribution < -0.4 is 4.74 Å². The number of aliphatic carboxylic acids is 1. The van der Waals surface area contributed by atoms with Gasteiger partial charge in [-0.2, -0.15) is 0 Å². The fourth-order valence-corrected chi connectivity index (χ4v) is 3.81. The molecule has 1 unspecified atom stereocenters. The zero-order valence-electron chi connectivity index (χ0n) is 16.7. The first-order valence-corrected chi connectivity index (χ1v) is 10.1. The van der Waals surface area contributed by atoms with Crippen molar-refractivity contribution in [2.24, 2.45) is 0 Å². The van der Waals surface area contributed by atoms with Crippen molar-refractivity contribution in [3.05, 3.63) is 64.8 Å². The smallest absolute Gasteiger partial charge is 0.336 e. The van der Waals surface area contributed by atoms with E-state index in [0.717, 1.165) is 21.8 Å². The van der Waals surface area contributed by atoms with Crippen molar-refractivity contribution in [3.8, 4) is 16.5 Å². The molecule has 0 radical (unpaired) electrons. The molecule has 0 saturated carbocycles. The number of rotatable bonds is 9. The van der Waals surface area contributed by atoms with Gasteiger partial charge in [0.25, 0.3) is 0 Å². The maximum absolute atomic E-state index is 11.3. The van der Waals surface area contributed by atoms with E-state index in [9.17, 15) is 9.90 Å². The number of carboxylic acids is 1. The number of hydrogen-bond donors (Lipinski definition) is 1. The Morgan fingerprint density at radius 3 is 2.59 bits per heavy atom. The average Bonchev–Trinajstić information content (AvgIpc) is 3.10. The van der Waals surface area contributed by atoms with Crippen LogP contribution in [0.2, 0.25) is 0 Å². The molecule has 0 saturated heterocycles. The van der Waals surface area contributed by atoms with Crippen LogP contribution in [0.3, 0.4) is 0 Å². The highest BCUT2D eigenvalue weighted by atomic mass is 32.1. The van der Waals surface area contributed by atoms with Crippen LogP contribution in [0.25, 0.3) is 10.6 Å². The molecule has 0 aliphatic carbocycles. The van der Waals surface area contributed by atoms with E-state index in [0.29, 0.717) is 18.9 Å². The van der Waals surface area contributed by atoms with Crippen LogP contribution in [-0.2, 0) is 22.4 Å². The molecule has 29 heavy (non-hydrogen) atoms. The van der Waals surface area contributed by atoms with E-state index in [1.807, 2.05) is 24.3 Å².